The number of pyridine rings is 1. The summed E-state index contributed by atoms with van der Waals surface area (Å²) in [7, 11) is 1.68. The Labute approximate surface area is 118 Å². The largest absolute Gasteiger partial charge is 0.384 e. The monoisotopic (exact) mass is 282 g/mol. The molecule has 1 fully saturated rings. The molecule has 19 heavy (non-hydrogen) atoms. The number of carbonyl (C=O) groups is 1. The number of nitrogens with zero attached hydrogens (tertiary/aromatic N) is 2. The van der Waals surface area contributed by atoms with Crippen molar-refractivity contribution in [3.8, 4) is 0 Å². The molecule has 1 amide bonds. The molecule has 2 rings (SSSR count). The number of carbonyl (C=O) groups excluding carboxylic acids is 1. The summed E-state index contributed by atoms with van der Waals surface area (Å²) in [5.74, 6) is 0.633. The van der Waals surface area contributed by atoms with Crippen LogP contribution in [0.25, 0.3) is 0 Å². The van der Waals surface area contributed by atoms with Gasteiger partial charge in [-0.3, -0.25) is 9.69 Å². The minimum atomic E-state index is 0.0542. The van der Waals surface area contributed by atoms with Gasteiger partial charge in [0.1, 0.15) is 5.82 Å². The molecule has 104 valence electrons. The highest BCUT2D eigenvalue weighted by Crippen LogP contribution is 2.22. The molecular weight excluding hydrogens is 264 g/mol. The molecule has 1 aromatic heterocycles. The summed E-state index contributed by atoms with van der Waals surface area (Å²) in [6, 6.07) is 3.45. The Morgan fingerprint density at radius 2 is 2.42 bits per heavy atom. The van der Waals surface area contributed by atoms with Gasteiger partial charge < -0.3 is 11.1 Å². The van der Waals surface area contributed by atoms with E-state index in [9.17, 15) is 4.79 Å². The second kappa shape index (κ2) is 6.21. The van der Waals surface area contributed by atoms with Gasteiger partial charge in [-0.2, -0.15) is 0 Å². The lowest BCUT2D eigenvalue weighted by Crippen LogP contribution is -2.41. The summed E-state index contributed by atoms with van der Waals surface area (Å²) < 4.78 is 0. The summed E-state index contributed by atoms with van der Waals surface area (Å²) in [4.78, 5) is 18.2. The summed E-state index contributed by atoms with van der Waals surface area (Å²) >= 11 is 6.12. The second-order valence-electron chi connectivity index (χ2n) is 4.85. The van der Waals surface area contributed by atoms with E-state index in [0.717, 1.165) is 31.6 Å². The van der Waals surface area contributed by atoms with E-state index in [0.29, 0.717) is 17.4 Å². The quantitative estimate of drug-likeness (QED) is 0.876. The molecule has 1 aliphatic heterocycles. The number of anilines is 1. The van der Waals surface area contributed by atoms with Crippen molar-refractivity contribution in [2.45, 2.75) is 19.4 Å². The summed E-state index contributed by atoms with van der Waals surface area (Å²) in [6.45, 7) is 2.34. The standard InChI is InChI=1S/C13H19ClN4O/c1-16-13(19)9-3-2-6-18(7-9)8-11-10(14)4-5-12(15)17-11/h4-5,9H,2-3,6-8H2,1H3,(H2,15,17)(H,16,19). The fourth-order valence-corrected chi connectivity index (χ4v) is 2.61. The number of nitrogen functional groups attached to an aromatic ring is 1. The fourth-order valence-electron chi connectivity index (χ4n) is 2.44. The first kappa shape index (κ1) is 14.1. The summed E-state index contributed by atoms with van der Waals surface area (Å²) in [5.41, 5.74) is 6.45. The van der Waals surface area contributed by atoms with Gasteiger partial charge in [0.2, 0.25) is 5.91 Å². The van der Waals surface area contributed by atoms with Crippen molar-refractivity contribution >= 4 is 23.3 Å². The van der Waals surface area contributed by atoms with Crippen LogP contribution in [0, 0.1) is 5.92 Å². The lowest BCUT2D eigenvalue weighted by atomic mass is 9.97. The minimum Gasteiger partial charge on any atom is -0.384 e. The fraction of sp³-hybridized carbons (Fsp3) is 0.538. The molecule has 3 N–H and O–H groups in total. The molecular formula is C13H19ClN4O. The molecule has 1 saturated heterocycles. The van der Waals surface area contributed by atoms with E-state index < -0.39 is 0 Å². The van der Waals surface area contributed by atoms with E-state index in [-0.39, 0.29) is 11.8 Å². The van der Waals surface area contributed by atoms with Crippen LogP contribution in [0.4, 0.5) is 5.82 Å². The highest BCUT2D eigenvalue weighted by Gasteiger charge is 2.25. The molecule has 1 atom stereocenters. The van der Waals surface area contributed by atoms with Crippen LogP contribution in [-0.4, -0.2) is 35.9 Å². The lowest BCUT2D eigenvalue weighted by Gasteiger charge is -2.31. The average molecular weight is 283 g/mol. The minimum absolute atomic E-state index is 0.0542. The topological polar surface area (TPSA) is 71.2 Å². The number of likely N-dealkylation sites (tertiary alicyclic amines) is 1. The Kier molecular flexibility index (Phi) is 4.61. The molecule has 0 aliphatic carbocycles. The molecule has 0 aromatic carbocycles. The maximum atomic E-state index is 11.7. The Morgan fingerprint density at radius 3 is 3.16 bits per heavy atom. The zero-order valence-corrected chi connectivity index (χ0v) is 11.8. The van der Waals surface area contributed by atoms with Crippen LogP contribution in [0.3, 0.4) is 0 Å². The van der Waals surface area contributed by atoms with Crippen LogP contribution in [0.2, 0.25) is 5.02 Å². The first-order valence-electron chi connectivity index (χ1n) is 6.45. The first-order chi connectivity index (χ1) is 9.10. The normalized spacial score (nSPS) is 20.2. The van der Waals surface area contributed by atoms with Gasteiger partial charge in [0.15, 0.2) is 0 Å². The van der Waals surface area contributed by atoms with Gasteiger partial charge in [-0.15, -0.1) is 0 Å². The van der Waals surface area contributed by atoms with Gasteiger partial charge in [0.05, 0.1) is 16.6 Å². The number of nitrogens with two attached hydrogens (primary N) is 1. The van der Waals surface area contributed by atoms with E-state index in [1.807, 2.05) is 0 Å². The number of piperidine rings is 1. The number of hydrogen-bond acceptors (Lipinski definition) is 4. The van der Waals surface area contributed by atoms with E-state index in [1.165, 1.54) is 0 Å². The van der Waals surface area contributed by atoms with E-state index in [1.54, 1.807) is 19.2 Å². The molecule has 1 aromatic rings. The third-order valence-corrected chi connectivity index (χ3v) is 3.78. The molecule has 1 unspecified atom stereocenters. The zero-order valence-electron chi connectivity index (χ0n) is 11.0. The predicted octanol–water partition coefficient (Wildman–Crippen LogP) is 1.28. The molecule has 5 nitrogen and oxygen atoms in total. The van der Waals surface area contributed by atoms with E-state index >= 15 is 0 Å². The van der Waals surface area contributed by atoms with Gasteiger partial charge in [-0.25, -0.2) is 4.98 Å². The molecule has 0 radical (unpaired) electrons. The molecule has 0 spiro atoms. The Morgan fingerprint density at radius 1 is 1.63 bits per heavy atom. The second-order valence-corrected chi connectivity index (χ2v) is 5.26. The first-order valence-corrected chi connectivity index (χ1v) is 6.83. The lowest BCUT2D eigenvalue weighted by molar-refractivity contribution is -0.126. The smallest absolute Gasteiger partial charge is 0.224 e. The van der Waals surface area contributed by atoms with Crippen LogP contribution < -0.4 is 11.1 Å². The van der Waals surface area contributed by atoms with Crippen LogP contribution in [0.15, 0.2) is 12.1 Å². The average Bonchev–Trinajstić information content (AvgIpc) is 2.42. The highest BCUT2D eigenvalue weighted by molar-refractivity contribution is 6.31. The van der Waals surface area contributed by atoms with Crippen molar-refractivity contribution in [1.82, 2.24) is 15.2 Å². The van der Waals surface area contributed by atoms with Gasteiger partial charge in [-0.05, 0) is 31.5 Å². The number of hydrogen-bond donors (Lipinski definition) is 2. The Hall–Kier alpha value is -1.33. The van der Waals surface area contributed by atoms with Crippen molar-refractivity contribution < 1.29 is 4.79 Å². The number of aromatic nitrogens is 1. The SMILES string of the molecule is CNC(=O)C1CCCN(Cc2nc(N)ccc2Cl)C1. The van der Waals surface area contributed by atoms with Gasteiger partial charge in [0.25, 0.3) is 0 Å². The van der Waals surface area contributed by atoms with E-state index in [2.05, 4.69) is 15.2 Å². The van der Waals surface area contributed by atoms with Crippen LogP contribution in [-0.2, 0) is 11.3 Å². The van der Waals surface area contributed by atoms with Gasteiger partial charge in [-0.1, -0.05) is 11.6 Å². The molecule has 0 saturated carbocycles. The number of rotatable bonds is 3. The third kappa shape index (κ3) is 3.58. The van der Waals surface area contributed by atoms with Crippen molar-refractivity contribution in [3.63, 3.8) is 0 Å². The summed E-state index contributed by atoms with van der Waals surface area (Å²) in [5, 5.41) is 3.33. The Balaban J connectivity index is 2.02. The van der Waals surface area contributed by atoms with Crippen molar-refractivity contribution in [1.29, 1.82) is 0 Å². The Bertz CT molecular complexity index is 466. The van der Waals surface area contributed by atoms with Gasteiger partial charge in [0, 0.05) is 20.1 Å². The van der Waals surface area contributed by atoms with Crippen molar-refractivity contribution in [3.05, 3.63) is 22.8 Å². The van der Waals surface area contributed by atoms with Crippen molar-refractivity contribution in [2.75, 3.05) is 25.9 Å². The van der Waals surface area contributed by atoms with Crippen molar-refractivity contribution in [2.24, 2.45) is 5.92 Å². The highest BCUT2D eigenvalue weighted by atomic mass is 35.5. The number of amides is 1. The molecule has 0 bridgehead atoms. The molecule has 6 heteroatoms. The molecule has 2 heterocycles. The van der Waals surface area contributed by atoms with Gasteiger partial charge >= 0.3 is 0 Å². The maximum Gasteiger partial charge on any atom is 0.224 e. The van der Waals surface area contributed by atoms with Crippen LogP contribution >= 0.6 is 11.6 Å². The maximum absolute atomic E-state index is 11.7. The summed E-state index contributed by atoms with van der Waals surface area (Å²) in [6.07, 6.45) is 1.95. The predicted molar refractivity (Wildman–Crippen MR) is 75.7 cm³/mol. The number of nitrogens with one attached hydrogen (secondary N) is 1. The van der Waals surface area contributed by atoms with Crippen LogP contribution in [0.5, 0.6) is 0 Å². The van der Waals surface area contributed by atoms with E-state index in [4.69, 9.17) is 17.3 Å². The van der Waals surface area contributed by atoms with Crippen LogP contribution in [0.1, 0.15) is 18.5 Å². The number of halogens is 1. The molecule has 1 aliphatic rings. The third-order valence-electron chi connectivity index (χ3n) is 3.44. The zero-order chi connectivity index (χ0) is 13.8.